The second kappa shape index (κ2) is 5.94. The van der Waals surface area contributed by atoms with Gasteiger partial charge in [-0.15, -0.1) is 11.8 Å². The zero-order valence-electron chi connectivity index (χ0n) is 8.96. The first-order valence-electron chi connectivity index (χ1n) is 4.73. The summed E-state index contributed by atoms with van der Waals surface area (Å²) in [6.45, 7) is 4.00. The third-order valence-corrected chi connectivity index (χ3v) is 2.80. The molecule has 0 radical (unpaired) electrons. The molecule has 0 fully saturated rings. The SMILES string of the molecule is CCNCc1ccc(SC)c(OC)c1. The zero-order chi connectivity index (χ0) is 10.4. The minimum atomic E-state index is 0.904. The van der Waals surface area contributed by atoms with Crippen molar-refractivity contribution in [3.05, 3.63) is 23.8 Å². The van der Waals surface area contributed by atoms with Crippen LogP contribution in [0.2, 0.25) is 0 Å². The summed E-state index contributed by atoms with van der Waals surface area (Å²) in [7, 11) is 1.71. The highest BCUT2D eigenvalue weighted by Gasteiger charge is 2.02. The predicted octanol–water partition coefficient (Wildman–Crippen LogP) is 2.53. The molecule has 78 valence electrons. The lowest BCUT2D eigenvalue weighted by Gasteiger charge is -2.08. The van der Waals surface area contributed by atoms with Gasteiger partial charge in [-0.05, 0) is 30.5 Å². The van der Waals surface area contributed by atoms with Crippen molar-refractivity contribution < 1.29 is 4.74 Å². The number of hydrogen-bond acceptors (Lipinski definition) is 3. The molecule has 0 bridgehead atoms. The van der Waals surface area contributed by atoms with Gasteiger partial charge in [0.25, 0.3) is 0 Å². The van der Waals surface area contributed by atoms with Crippen molar-refractivity contribution in [2.24, 2.45) is 0 Å². The monoisotopic (exact) mass is 211 g/mol. The standard InChI is InChI=1S/C11H17NOS/c1-4-12-8-9-5-6-11(14-3)10(7-9)13-2/h5-7,12H,4,8H2,1-3H3. The van der Waals surface area contributed by atoms with Crippen LogP contribution in [0, 0.1) is 0 Å². The summed E-state index contributed by atoms with van der Waals surface area (Å²) < 4.78 is 5.31. The molecule has 0 heterocycles. The van der Waals surface area contributed by atoms with Crippen molar-refractivity contribution in [3.8, 4) is 5.75 Å². The van der Waals surface area contributed by atoms with Crippen LogP contribution in [-0.2, 0) is 6.54 Å². The number of rotatable bonds is 5. The van der Waals surface area contributed by atoms with E-state index >= 15 is 0 Å². The van der Waals surface area contributed by atoms with E-state index in [0.29, 0.717) is 0 Å². The zero-order valence-corrected chi connectivity index (χ0v) is 9.78. The number of benzene rings is 1. The van der Waals surface area contributed by atoms with Gasteiger partial charge in [-0.25, -0.2) is 0 Å². The van der Waals surface area contributed by atoms with E-state index in [1.54, 1.807) is 18.9 Å². The second-order valence-corrected chi connectivity index (χ2v) is 3.82. The molecule has 14 heavy (non-hydrogen) atoms. The molecular formula is C11H17NOS. The third-order valence-electron chi connectivity index (χ3n) is 2.03. The minimum absolute atomic E-state index is 0.904. The van der Waals surface area contributed by atoms with Gasteiger partial charge in [-0.3, -0.25) is 0 Å². The Morgan fingerprint density at radius 2 is 2.21 bits per heavy atom. The van der Waals surface area contributed by atoms with Crippen LogP contribution in [0.25, 0.3) is 0 Å². The molecular weight excluding hydrogens is 194 g/mol. The highest BCUT2D eigenvalue weighted by Crippen LogP contribution is 2.28. The molecule has 0 saturated carbocycles. The minimum Gasteiger partial charge on any atom is -0.496 e. The quantitative estimate of drug-likeness (QED) is 0.756. The second-order valence-electron chi connectivity index (χ2n) is 2.97. The topological polar surface area (TPSA) is 21.3 Å². The average molecular weight is 211 g/mol. The highest BCUT2D eigenvalue weighted by atomic mass is 32.2. The number of ether oxygens (including phenoxy) is 1. The Labute approximate surface area is 90.0 Å². The van der Waals surface area contributed by atoms with Crippen LogP contribution in [0.1, 0.15) is 12.5 Å². The third kappa shape index (κ3) is 2.93. The van der Waals surface area contributed by atoms with Crippen LogP contribution < -0.4 is 10.1 Å². The van der Waals surface area contributed by atoms with E-state index in [1.165, 1.54) is 10.5 Å². The molecule has 0 saturated heterocycles. The van der Waals surface area contributed by atoms with Gasteiger partial charge in [0.05, 0.1) is 7.11 Å². The maximum atomic E-state index is 5.31. The molecule has 0 aliphatic rings. The molecule has 2 nitrogen and oxygen atoms in total. The molecule has 0 aliphatic carbocycles. The van der Waals surface area contributed by atoms with Gasteiger partial charge in [0.1, 0.15) is 5.75 Å². The van der Waals surface area contributed by atoms with E-state index in [4.69, 9.17) is 4.74 Å². The maximum absolute atomic E-state index is 5.31. The molecule has 0 atom stereocenters. The molecule has 0 amide bonds. The molecule has 0 spiro atoms. The van der Waals surface area contributed by atoms with E-state index in [2.05, 4.69) is 36.7 Å². The van der Waals surface area contributed by atoms with Crippen molar-refractivity contribution in [3.63, 3.8) is 0 Å². The molecule has 1 aromatic rings. The first-order chi connectivity index (χ1) is 6.81. The Hall–Kier alpha value is -0.670. The number of thioether (sulfide) groups is 1. The molecule has 1 N–H and O–H groups in total. The fourth-order valence-electron chi connectivity index (χ4n) is 1.26. The van der Waals surface area contributed by atoms with Gasteiger partial charge in [0.15, 0.2) is 0 Å². The Morgan fingerprint density at radius 3 is 2.79 bits per heavy atom. The van der Waals surface area contributed by atoms with Crippen molar-refractivity contribution in [2.45, 2.75) is 18.4 Å². The Balaban J connectivity index is 2.79. The van der Waals surface area contributed by atoms with Crippen LogP contribution in [0.5, 0.6) is 5.75 Å². The maximum Gasteiger partial charge on any atom is 0.132 e. The Morgan fingerprint density at radius 1 is 1.43 bits per heavy atom. The lowest BCUT2D eigenvalue weighted by molar-refractivity contribution is 0.404. The lowest BCUT2D eigenvalue weighted by atomic mass is 10.2. The van der Waals surface area contributed by atoms with Crippen molar-refractivity contribution in [1.29, 1.82) is 0 Å². The summed E-state index contributed by atoms with van der Waals surface area (Å²) in [4.78, 5) is 1.19. The van der Waals surface area contributed by atoms with Gasteiger partial charge in [0, 0.05) is 11.4 Å². The summed E-state index contributed by atoms with van der Waals surface area (Å²) >= 11 is 1.71. The molecule has 1 rings (SSSR count). The molecule has 0 aromatic heterocycles. The Bertz CT molecular complexity index is 289. The summed E-state index contributed by atoms with van der Waals surface area (Å²) in [6, 6.07) is 6.34. The largest absolute Gasteiger partial charge is 0.496 e. The lowest BCUT2D eigenvalue weighted by Crippen LogP contribution is -2.11. The van der Waals surface area contributed by atoms with Gasteiger partial charge in [-0.2, -0.15) is 0 Å². The summed E-state index contributed by atoms with van der Waals surface area (Å²) in [5.41, 5.74) is 1.27. The number of nitrogens with one attached hydrogen (secondary N) is 1. The number of hydrogen-bond donors (Lipinski definition) is 1. The molecule has 3 heteroatoms. The fraction of sp³-hybridized carbons (Fsp3) is 0.455. The van der Waals surface area contributed by atoms with E-state index in [1.807, 2.05) is 0 Å². The molecule has 0 unspecified atom stereocenters. The predicted molar refractivity (Wildman–Crippen MR) is 62.2 cm³/mol. The summed E-state index contributed by atoms with van der Waals surface area (Å²) in [5.74, 6) is 0.966. The van der Waals surface area contributed by atoms with Crippen LogP contribution in [0.4, 0.5) is 0 Å². The van der Waals surface area contributed by atoms with E-state index in [0.717, 1.165) is 18.8 Å². The van der Waals surface area contributed by atoms with Gasteiger partial charge in [-0.1, -0.05) is 13.0 Å². The van der Waals surface area contributed by atoms with Crippen LogP contribution >= 0.6 is 11.8 Å². The first kappa shape index (κ1) is 11.4. The molecule has 1 aromatic carbocycles. The number of methoxy groups -OCH3 is 1. The highest BCUT2D eigenvalue weighted by molar-refractivity contribution is 7.98. The average Bonchev–Trinajstić information content (AvgIpc) is 2.25. The van der Waals surface area contributed by atoms with Gasteiger partial charge < -0.3 is 10.1 Å². The summed E-state index contributed by atoms with van der Waals surface area (Å²) in [5, 5.41) is 3.29. The summed E-state index contributed by atoms with van der Waals surface area (Å²) in [6.07, 6.45) is 2.06. The van der Waals surface area contributed by atoms with Gasteiger partial charge in [0.2, 0.25) is 0 Å². The van der Waals surface area contributed by atoms with E-state index in [-0.39, 0.29) is 0 Å². The van der Waals surface area contributed by atoms with Crippen LogP contribution in [-0.4, -0.2) is 19.9 Å². The van der Waals surface area contributed by atoms with Gasteiger partial charge >= 0.3 is 0 Å². The fourth-order valence-corrected chi connectivity index (χ4v) is 1.81. The van der Waals surface area contributed by atoms with E-state index in [9.17, 15) is 0 Å². The van der Waals surface area contributed by atoms with Crippen molar-refractivity contribution >= 4 is 11.8 Å². The Kier molecular flexibility index (Phi) is 4.84. The van der Waals surface area contributed by atoms with Crippen LogP contribution in [0.15, 0.2) is 23.1 Å². The first-order valence-corrected chi connectivity index (χ1v) is 5.96. The van der Waals surface area contributed by atoms with E-state index < -0.39 is 0 Å². The molecule has 0 aliphatic heterocycles. The van der Waals surface area contributed by atoms with Crippen LogP contribution in [0.3, 0.4) is 0 Å². The van der Waals surface area contributed by atoms with Crippen molar-refractivity contribution in [1.82, 2.24) is 5.32 Å². The smallest absolute Gasteiger partial charge is 0.132 e. The normalized spacial score (nSPS) is 10.2. The van der Waals surface area contributed by atoms with Crippen molar-refractivity contribution in [2.75, 3.05) is 19.9 Å².